The van der Waals surface area contributed by atoms with E-state index in [0.29, 0.717) is 12.2 Å². The van der Waals surface area contributed by atoms with Crippen LogP contribution in [0.4, 0.5) is 4.39 Å². The number of halogens is 1. The molecular formula is C14H20FNO3S. The number of likely N-dealkylation sites (N-methyl/N-ethyl adjacent to an activating group) is 1. The van der Waals surface area contributed by atoms with E-state index in [0.717, 1.165) is 4.90 Å². The van der Waals surface area contributed by atoms with E-state index in [9.17, 15) is 14.3 Å². The number of aliphatic hydroxyl groups is 1. The zero-order valence-corrected chi connectivity index (χ0v) is 12.5. The topological polar surface area (TPSA) is 49.8 Å². The Labute approximate surface area is 122 Å². The minimum Gasteiger partial charge on any atom is -0.389 e. The number of nitrogens with zero attached hydrogens (tertiary/aromatic N) is 1. The van der Waals surface area contributed by atoms with Crippen LogP contribution < -0.4 is 0 Å². The van der Waals surface area contributed by atoms with Crippen molar-refractivity contribution in [2.75, 3.05) is 33.1 Å². The highest BCUT2D eigenvalue weighted by atomic mass is 32.2. The smallest absolute Gasteiger partial charge is 0.223 e. The first kappa shape index (κ1) is 16.9. The van der Waals surface area contributed by atoms with Gasteiger partial charge in [0.05, 0.1) is 12.7 Å². The lowest BCUT2D eigenvalue weighted by Gasteiger charge is -2.20. The summed E-state index contributed by atoms with van der Waals surface area (Å²) in [4.78, 5) is 14.3. The van der Waals surface area contributed by atoms with Gasteiger partial charge in [0.2, 0.25) is 5.91 Å². The van der Waals surface area contributed by atoms with Gasteiger partial charge in [-0.25, -0.2) is 4.39 Å². The van der Waals surface area contributed by atoms with E-state index in [1.807, 2.05) is 0 Å². The summed E-state index contributed by atoms with van der Waals surface area (Å²) in [6.07, 6.45) is -0.295. The predicted octanol–water partition coefficient (Wildman–Crippen LogP) is 1.77. The number of rotatable bonds is 8. The Morgan fingerprint density at radius 1 is 1.45 bits per heavy atom. The Morgan fingerprint density at radius 2 is 2.10 bits per heavy atom. The third kappa shape index (κ3) is 6.36. The van der Waals surface area contributed by atoms with Crippen molar-refractivity contribution in [3.05, 3.63) is 30.1 Å². The van der Waals surface area contributed by atoms with Crippen LogP contribution in [0.1, 0.15) is 6.42 Å². The molecule has 0 bridgehead atoms. The second-order valence-corrected chi connectivity index (χ2v) is 5.60. The van der Waals surface area contributed by atoms with Crippen LogP contribution in [0.2, 0.25) is 0 Å². The number of benzene rings is 1. The number of hydrogen-bond donors (Lipinski definition) is 1. The van der Waals surface area contributed by atoms with Crippen molar-refractivity contribution in [3.8, 4) is 0 Å². The Kier molecular flexibility index (Phi) is 7.58. The molecule has 20 heavy (non-hydrogen) atoms. The number of ether oxygens (including phenoxy) is 1. The Bertz CT molecular complexity index is 413. The van der Waals surface area contributed by atoms with Crippen molar-refractivity contribution >= 4 is 17.7 Å². The fourth-order valence-electron chi connectivity index (χ4n) is 1.64. The van der Waals surface area contributed by atoms with E-state index in [1.165, 1.54) is 35.9 Å². The van der Waals surface area contributed by atoms with Crippen LogP contribution in [-0.4, -0.2) is 55.1 Å². The van der Waals surface area contributed by atoms with Crippen LogP contribution in [-0.2, 0) is 9.53 Å². The number of methoxy groups -OCH3 is 1. The Balaban J connectivity index is 2.26. The van der Waals surface area contributed by atoms with Crippen molar-refractivity contribution in [2.45, 2.75) is 17.4 Å². The lowest BCUT2D eigenvalue weighted by molar-refractivity contribution is -0.131. The molecule has 4 nitrogen and oxygen atoms in total. The van der Waals surface area contributed by atoms with Gasteiger partial charge in [0, 0.05) is 37.8 Å². The summed E-state index contributed by atoms with van der Waals surface area (Å²) in [7, 11) is 3.16. The second kappa shape index (κ2) is 8.94. The van der Waals surface area contributed by atoms with E-state index in [1.54, 1.807) is 19.2 Å². The van der Waals surface area contributed by atoms with Crippen molar-refractivity contribution < 1.29 is 19.0 Å². The SMILES string of the molecule is COCC(O)CN(C)C(=O)CCSc1ccc(F)cc1. The highest BCUT2D eigenvalue weighted by molar-refractivity contribution is 7.99. The summed E-state index contributed by atoms with van der Waals surface area (Å²) in [6.45, 7) is 0.468. The van der Waals surface area contributed by atoms with Gasteiger partial charge < -0.3 is 14.7 Å². The highest BCUT2D eigenvalue weighted by Crippen LogP contribution is 2.19. The van der Waals surface area contributed by atoms with Gasteiger partial charge in [0.1, 0.15) is 5.82 Å². The van der Waals surface area contributed by atoms with Gasteiger partial charge in [-0.2, -0.15) is 0 Å². The maximum absolute atomic E-state index is 12.7. The van der Waals surface area contributed by atoms with E-state index in [2.05, 4.69) is 0 Å². The molecule has 1 aromatic rings. The van der Waals surface area contributed by atoms with Gasteiger partial charge in [0.15, 0.2) is 0 Å². The number of carbonyl (C=O) groups excluding carboxylic acids is 1. The molecule has 0 aromatic heterocycles. The van der Waals surface area contributed by atoms with Crippen LogP contribution in [0, 0.1) is 5.82 Å². The lowest BCUT2D eigenvalue weighted by atomic mass is 10.3. The molecule has 0 aliphatic rings. The summed E-state index contributed by atoms with van der Waals surface area (Å²) >= 11 is 1.50. The molecule has 1 aromatic carbocycles. The predicted molar refractivity (Wildman–Crippen MR) is 77.3 cm³/mol. The summed E-state index contributed by atoms with van der Waals surface area (Å²) in [5, 5.41) is 9.54. The molecule has 0 fully saturated rings. The average molecular weight is 301 g/mol. The van der Waals surface area contributed by atoms with Gasteiger partial charge in [-0.05, 0) is 24.3 Å². The summed E-state index contributed by atoms with van der Waals surface area (Å²) in [5.74, 6) is 0.321. The zero-order chi connectivity index (χ0) is 15.0. The fraction of sp³-hybridized carbons (Fsp3) is 0.500. The molecular weight excluding hydrogens is 281 g/mol. The maximum Gasteiger partial charge on any atom is 0.223 e. The third-order valence-electron chi connectivity index (χ3n) is 2.67. The molecule has 1 rings (SSSR count). The summed E-state index contributed by atoms with van der Waals surface area (Å²) < 4.78 is 17.5. The third-order valence-corrected chi connectivity index (χ3v) is 3.68. The van der Waals surface area contributed by atoms with Gasteiger partial charge >= 0.3 is 0 Å². The molecule has 0 saturated carbocycles. The van der Waals surface area contributed by atoms with Crippen molar-refractivity contribution in [1.29, 1.82) is 0 Å². The first-order valence-electron chi connectivity index (χ1n) is 6.32. The number of aliphatic hydroxyl groups excluding tert-OH is 1. The molecule has 112 valence electrons. The molecule has 6 heteroatoms. The van der Waals surface area contributed by atoms with Crippen LogP contribution in [0.15, 0.2) is 29.2 Å². The maximum atomic E-state index is 12.7. The van der Waals surface area contributed by atoms with E-state index < -0.39 is 6.10 Å². The monoisotopic (exact) mass is 301 g/mol. The molecule has 1 amide bonds. The van der Waals surface area contributed by atoms with Crippen LogP contribution in [0.25, 0.3) is 0 Å². The first-order chi connectivity index (χ1) is 9.52. The molecule has 1 unspecified atom stereocenters. The van der Waals surface area contributed by atoms with Crippen molar-refractivity contribution in [2.24, 2.45) is 0 Å². The van der Waals surface area contributed by atoms with Crippen LogP contribution >= 0.6 is 11.8 Å². The number of carbonyl (C=O) groups is 1. The normalized spacial score (nSPS) is 12.2. The molecule has 1 N–H and O–H groups in total. The quantitative estimate of drug-likeness (QED) is 0.744. The first-order valence-corrected chi connectivity index (χ1v) is 7.31. The minimum atomic E-state index is -0.668. The lowest BCUT2D eigenvalue weighted by Crippen LogP contribution is -2.36. The highest BCUT2D eigenvalue weighted by Gasteiger charge is 2.13. The van der Waals surface area contributed by atoms with E-state index in [4.69, 9.17) is 4.74 Å². The van der Waals surface area contributed by atoms with Gasteiger partial charge in [0.25, 0.3) is 0 Å². The van der Waals surface area contributed by atoms with Crippen LogP contribution in [0.5, 0.6) is 0 Å². The minimum absolute atomic E-state index is 0.0326. The molecule has 0 aliphatic carbocycles. The molecule has 0 heterocycles. The number of hydrogen-bond acceptors (Lipinski definition) is 4. The van der Waals surface area contributed by atoms with Gasteiger partial charge in [-0.1, -0.05) is 0 Å². The Morgan fingerprint density at radius 3 is 2.70 bits per heavy atom. The fourth-order valence-corrected chi connectivity index (χ4v) is 2.48. The summed E-state index contributed by atoms with van der Waals surface area (Å²) in [6, 6.07) is 6.18. The number of amides is 1. The number of thioether (sulfide) groups is 1. The molecule has 0 saturated heterocycles. The van der Waals surface area contributed by atoms with Crippen molar-refractivity contribution in [3.63, 3.8) is 0 Å². The molecule has 0 aliphatic heterocycles. The van der Waals surface area contributed by atoms with Gasteiger partial charge in [-0.3, -0.25) is 4.79 Å². The van der Waals surface area contributed by atoms with Gasteiger partial charge in [-0.15, -0.1) is 11.8 Å². The van der Waals surface area contributed by atoms with Crippen LogP contribution in [0.3, 0.4) is 0 Å². The average Bonchev–Trinajstić information content (AvgIpc) is 2.41. The molecule has 0 radical (unpaired) electrons. The molecule has 1 atom stereocenters. The summed E-state index contributed by atoms with van der Waals surface area (Å²) in [5.41, 5.74) is 0. The van der Waals surface area contributed by atoms with Crippen molar-refractivity contribution in [1.82, 2.24) is 4.90 Å². The second-order valence-electron chi connectivity index (χ2n) is 4.44. The largest absolute Gasteiger partial charge is 0.389 e. The standard InChI is InChI=1S/C14H20FNO3S/c1-16(9-12(17)10-19-2)14(18)7-8-20-13-5-3-11(15)4-6-13/h3-6,12,17H,7-10H2,1-2H3. The van der Waals surface area contributed by atoms with E-state index in [-0.39, 0.29) is 24.9 Å². The van der Waals surface area contributed by atoms with E-state index >= 15 is 0 Å². The zero-order valence-electron chi connectivity index (χ0n) is 11.7. The molecule has 0 spiro atoms. The Hall–Kier alpha value is -1.11.